The second kappa shape index (κ2) is 6.07. The first-order valence-corrected chi connectivity index (χ1v) is 7.66. The molecule has 0 atom stereocenters. The van der Waals surface area contributed by atoms with Crippen molar-refractivity contribution >= 4 is 28.4 Å². The number of aromatic hydroxyl groups is 1. The number of nitrogens with one attached hydrogen (secondary N) is 1. The highest BCUT2D eigenvalue weighted by Gasteiger charge is 2.21. The third kappa shape index (κ3) is 2.96. The molecule has 0 radical (unpaired) electrons. The van der Waals surface area contributed by atoms with Crippen LogP contribution in [0.25, 0.3) is 11.0 Å². The number of furan rings is 1. The lowest BCUT2D eigenvalue weighted by Crippen LogP contribution is -3.04. The lowest BCUT2D eigenvalue weighted by molar-refractivity contribution is -0.872. The number of fused-ring (bicyclic) bond motifs is 1. The van der Waals surface area contributed by atoms with E-state index >= 15 is 0 Å². The number of benzene rings is 2. The summed E-state index contributed by atoms with van der Waals surface area (Å²) in [4.78, 5) is 13.9. The van der Waals surface area contributed by atoms with E-state index in [1.54, 1.807) is 36.4 Å². The number of quaternary nitrogens is 1. The molecule has 1 heterocycles. The van der Waals surface area contributed by atoms with Gasteiger partial charge >= 0.3 is 0 Å². The van der Waals surface area contributed by atoms with Crippen molar-refractivity contribution in [3.63, 3.8) is 0 Å². The zero-order chi connectivity index (χ0) is 16.6. The monoisotopic (exact) mass is 330 g/mol. The predicted molar refractivity (Wildman–Crippen MR) is 89.3 cm³/mol. The molecule has 0 aliphatic rings. The SMILES string of the molecule is C[NH+](C)Cc1c(O)ccc2occ(C(=O)c3ccc(Cl)cc3)c12. The van der Waals surface area contributed by atoms with E-state index in [9.17, 15) is 9.90 Å². The zero-order valence-electron chi connectivity index (χ0n) is 12.9. The van der Waals surface area contributed by atoms with Gasteiger partial charge in [0.05, 0.1) is 25.2 Å². The maximum absolute atomic E-state index is 12.8. The normalized spacial score (nSPS) is 11.3. The molecule has 0 unspecified atom stereocenters. The minimum Gasteiger partial charge on any atom is -0.507 e. The van der Waals surface area contributed by atoms with E-state index in [2.05, 4.69) is 0 Å². The van der Waals surface area contributed by atoms with Crippen LogP contribution in [0, 0.1) is 0 Å². The summed E-state index contributed by atoms with van der Waals surface area (Å²) >= 11 is 5.87. The van der Waals surface area contributed by atoms with Crippen LogP contribution in [0.1, 0.15) is 21.5 Å². The number of phenols is 1. The molecule has 23 heavy (non-hydrogen) atoms. The predicted octanol–water partition coefficient (Wildman–Crippen LogP) is 2.67. The summed E-state index contributed by atoms with van der Waals surface area (Å²) < 4.78 is 5.53. The van der Waals surface area contributed by atoms with Crippen molar-refractivity contribution in [2.24, 2.45) is 0 Å². The summed E-state index contributed by atoms with van der Waals surface area (Å²) in [6.45, 7) is 0.587. The van der Waals surface area contributed by atoms with Gasteiger partial charge < -0.3 is 14.4 Å². The highest BCUT2D eigenvalue weighted by Crippen LogP contribution is 2.32. The Labute approximate surface area is 138 Å². The fraction of sp³-hybridized carbons (Fsp3) is 0.167. The first-order chi connectivity index (χ1) is 11.0. The molecule has 0 aliphatic carbocycles. The van der Waals surface area contributed by atoms with E-state index < -0.39 is 0 Å². The van der Waals surface area contributed by atoms with Crippen LogP contribution in [0.2, 0.25) is 5.02 Å². The molecule has 0 fully saturated rings. The third-order valence-corrected chi connectivity index (χ3v) is 3.96. The maximum atomic E-state index is 12.8. The Morgan fingerprint density at radius 1 is 1.17 bits per heavy atom. The van der Waals surface area contributed by atoms with Crippen LogP contribution >= 0.6 is 11.6 Å². The molecule has 0 amide bonds. The Bertz CT molecular complexity index is 866. The number of carbonyl (C=O) groups is 1. The molecule has 118 valence electrons. The molecule has 3 rings (SSSR count). The van der Waals surface area contributed by atoms with Crippen LogP contribution in [0.3, 0.4) is 0 Å². The van der Waals surface area contributed by atoms with Gasteiger partial charge in [0.2, 0.25) is 0 Å². The molecule has 2 N–H and O–H groups in total. The number of halogens is 1. The van der Waals surface area contributed by atoms with E-state index in [-0.39, 0.29) is 11.5 Å². The first kappa shape index (κ1) is 15.6. The molecule has 0 saturated heterocycles. The van der Waals surface area contributed by atoms with Crippen LogP contribution in [-0.4, -0.2) is 25.0 Å². The topological polar surface area (TPSA) is 54.9 Å². The largest absolute Gasteiger partial charge is 0.507 e. The number of hydrogen-bond donors (Lipinski definition) is 2. The van der Waals surface area contributed by atoms with E-state index in [0.717, 1.165) is 4.90 Å². The smallest absolute Gasteiger partial charge is 0.196 e. The highest BCUT2D eigenvalue weighted by atomic mass is 35.5. The summed E-state index contributed by atoms with van der Waals surface area (Å²) in [6.07, 6.45) is 1.45. The molecular weight excluding hydrogens is 314 g/mol. The van der Waals surface area contributed by atoms with E-state index in [0.29, 0.717) is 39.2 Å². The fourth-order valence-electron chi connectivity index (χ4n) is 2.65. The molecule has 2 aromatic carbocycles. The average Bonchev–Trinajstić information content (AvgIpc) is 2.94. The highest BCUT2D eigenvalue weighted by molar-refractivity contribution is 6.30. The van der Waals surface area contributed by atoms with Crippen molar-refractivity contribution in [1.29, 1.82) is 0 Å². The summed E-state index contributed by atoms with van der Waals surface area (Å²) in [5, 5.41) is 11.5. The Balaban J connectivity index is 2.16. The number of phenolic OH excluding ortho intramolecular Hbond substituents is 1. The van der Waals surface area contributed by atoms with Gasteiger partial charge in [-0.25, -0.2) is 0 Å². The summed E-state index contributed by atoms with van der Waals surface area (Å²) in [5.41, 5.74) is 2.29. The van der Waals surface area contributed by atoms with Gasteiger partial charge in [0.1, 0.15) is 24.1 Å². The quantitative estimate of drug-likeness (QED) is 0.723. The molecule has 1 aromatic heterocycles. The van der Waals surface area contributed by atoms with Gasteiger partial charge in [-0.2, -0.15) is 0 Å². The first-order valence-electron chi connectivity index (χ1n) is 7.28. The van der Waals surface area contributed by atoms with Crippen LogP contribution in [0.4, 0.5) is 0 Å². The molecule has 3 aromatic rings. The van der Waals surface area contributed by atoms with Crippen LogP contribution in [0.15, 0.2) is 47.1 Å². The van der Waals surface area contributed by atoms with Crippen molar-refractivity contribution in [1.82, 2.24) is 0 Å². The van der Waals surface area contributed by atoms with Crippen LogP contribution < -0.4 is 4.90 Å². The molecule has 0 aliphatic heterocycles. The summed E-state index contributed by atoms with van der Waals surface area (Å²) in [5.74, 6) is 0.0197. The third-order valence-electron chi connectivity index (χ3n) is 3.70. The Morgan fingerprint density at radius 2 is 1.87 bits per heavy atom. The summed E-state index contributed by atoms with van der Waals surface area (Å²) in [7, 11) is 3.97. The van der Waals surface area contributed by atoms with Crippen molar-refractivity contribution < 1.29 is 19.2 Å². The Kier molecular flexibility index (Phi) is 4.11. The van der Waals surface area contributed by atoms with Gasteiger partial charge in [-0.3, -0.25) is 4.79 Å². The molecule has 4 nitrogen and oxygen atoms in total. The standard InChI is InChI=1S/C18H16ClNO3/c1-20(2)9-13-15(21)7-8-16-17(13)14(10-23-16)18(22)11-3-5-12(19)6-4-11/h3-8,10,21H,9H2,1-2H3/p+1. The van der Waals surface area contributed by atoms with E-state index in [1.165, 1.54) is 6.26 Å². The van der Waals surface area contributed by atoms with Gasteiger partial charge in [0, 0.05) is 16.0 Å². The Hall–Kier alpha value is -2.30. The second-order valence-corrected chi connectivity index (χ2v) is 6.24. The van der Waals surface area contributed by atoms with Gasteiger partial charge in [0.15, 0.2) is 5.78 Å². The van der Waals surface area contributed by atoms with E-state index in [4.69, 9.17) is 16.0 Å². The molecule has 0 spiro atoms. The minimum atomic E-state index is -0.152. The second-order valence-electron chi connectivity index (χ2n) is 5.81. The summed E-state index contributed by atoms with van der Waals surface area (Å²) in [6, 6.07) is 10.0. The number of carbonyl (C=O) groups excluding carboxylic acids is 1. The maximum Gasteiger partial charge on any atom is 0.196 e. The molecule has 0 saturated carbocycles. The van der Waals surface area contributed by atoms with E-state index in [1.807, 2.05) is 14.1 Å². The van der Waals surface area contributed by atoms with Crippen LogP contribution in [-0.2, 0) is 6.54 Å². The molecule has 5 heteroatoms. The van der Waals surface area contributed by atoms with Crippen LogP contribution in [0.5, 0.6) is 5.75 Å². The number of hydrogen-bond acceptors (Lipinski definition) is 3. The lowest BCUT2D eigenvalue weighted by atomic mass is 9.98. The number of rotatable bonds is 4. The average molecular weight is 331 g/mol. The zero-order valence-corrected chi connectivity index (χ0v) is 13.6. The fourth-order valence-corrected chi connectivity index (χ4v) is 2.77. The van der Waals surface area contributed by atoms with Crippen molar-refractivity contribution in [3.05, 3.63) is 64.4 Å². The Morgan fingerprint density at radius 3 is 2.52 bits per heavy atom. The van der Waals surface area contributed by atoms with Gasteiger partial charge in [-0.15, -0.1) is 0 Å². The molecule has 0 bridgehead atoms. The van der Waals surface area contributed by atoms with Crippen molar-refractivity contribution in [2.75, 3.05) is 14.1 Å². The van der Waals surface area contributed by atoms with Gasteiger partial charge in [-0.05, 0) is 36.4 Å². The van der Waals surface area contributed by atoms with Crippen molar-refractivity contribution in [3.8, 4) is 5.75 Å². The number of ketones is 1. The molecular formula is C18H17ClNO3+. The minimum absolute atomic E-state index is 0.152. The van der Waals surface area contributed by atoms with Gasteiger partial charge in [0.25, 0.3) is 0 Å². The van der Waals surface area contributed by atoms with Crippen molar-refractivity contribution in [2.45, 2.75) is 6.54 Å². The lowest BCUT2D eigenvalue weighted by Gasteiger charge is -2.11. The van der Waals surface area contributed by atoms with Gasteiger partial charge in [-0.1, -0.05) is 11.6 Å².